The van der Waals surface area contributed by atoms with Crippen LogP contribution in [0.15, 0.2) is 48.7 Å². The molecule has 5 nitrogen and oxygen atoms in total. The Hall–Kier alpha value is -2.40. The van der Waals surface area contributed by atoms with E-state index in [1.807, 2.05) is 55.6 Å². The lowest BCUT2D eigenvalue weighted by molar-refractivity contribution is -0.123. The molecule has 3 rings (SSSR count). The first-order valence-electron chi connectivity index (χ1n) is 8.42. The monoisotopic (exact) mass is 324 g/mol. The molecule has 2 aromatic rings. The molecule has 1 atom stereocenters. The molecular formula is C19H24N4O. The summed E-state index contributed by atoms with van der Waals surface area (Å²) in [5.41, 5.74) is 8.10. The maximum atomic E-state index is 12.4. The van der Waals surface area contributed by atoms with E-state index in [2.05, 4.69) is 15.2 Å². The number of carbonyl (C=O) groups is 1. The molecule has 1 amide bonds. The van der Waals surface area contributed by atoms with E-state index in [4.69, 9.17) is 5.73 Å². The van der Waals surface area contributed by atoms with Gasteiger partial charge in [-0.3, -0.25) is 4.79 Å². The van der Waals surface area contributed by atoms with Gasteiger partial charge in [-0.1, -0.05) is 35.9 Å². The van der Waals surface area contributed by atoms with Crippen molar-refractivity contribution < 1.29 is 4.79 Å². The summed E-state index contributed by atoms with van der Waals surface area (Å²) in [5, 5.41) is 3.09. The van der Waals surface area contributed by atoms with Crippen molar-refractivity contribution in [2.75, 3.05) is 18.0 Å². The lowest BCUT2D eigenvalue weighted by atomic mass is 10.0. The predicted octanol–water partition coefficient (Wildman–Crippen LogP) is 2.18. The second-order valence-corrected chi connectivity index (χ2v) is 6.35. The number of hydrogen-bond acceptors (Lipinski definition) is 4. The number of benzene rings is 1. The van der Waals surface area contributed by atoms with E-state index in [1.54, 1.807) is 0 Å². The van der Waals surface area contributed by atoms with Crippen molar-refractivity contribution >= 4 is 11.7 Å². The maximum absolute atomic E-state index is 12.4. The summed E-state index contributed by atoms with van der Waals surface area (Å²) in [7, 11) is 0. The summed E-state index contributed by atoms with van der Waals surface area (Å²) >= 11 is 0. The van der Waals surface area contributed by atoms with E-state index in [0.29, 0.717) is 0 Å². The van der Waals surface area contributed by atoms with Crippen LogP contribution in [0.25, 0.3) is 0 Å². The maximum Gasteiger partial charge on any atom is 0.241 e. The summed E-state index contributed by atoms with van der Waals surface area (Å²) in [6.45, 7) is 3.80. The van der Waals surface area contributed by atoms with Crippen molar-refractivity contribution in [3.8, 4) is 0 Å². The van der Waals surface area contributed by atoms with E-state index in [0.717, 1.165) is 42.9 Å². The molecular weight excluding hydrogens is 300 g/mol. The van der Waals surface area contributed by atoms with Crippen LogP contribution < -0.4 is 16.0 Å². The van der Waals surface area contributed by atoms with E-state index >= 15 is 0 Å². The summed E-state index contributed by atoms with van der Waals surface area (Å²) < 4.78 is 0. The third-order valence-corrected chi connectivity index (χ3v) is 4.53. The molecule has 2 heterocycles. The van der Waals surface area contributed by atoms with Gasteiger partial charge in [0.25, 0.3) is 0 Å². The summed E-state index contributed by atoms with van der Waals surface area (Å²) in [6, 6.07) is 13.3. The molecule has 1 aromatic heterocycles. The first-order chi connectivity index (χ1) is 11.6. The Morgan fingerprint density at radius 3 is 2.54 bits per heavy atom. The van der Waals surface area contributed by atoms with Gasteiger partial charge in [-0.25, -0.2) is 4.98 Å². The topological polar surface area (TPSA) is 71.2 Å². The van der Waals surface area contributed by atoms with Crippen LogP contribution in [0.3, 0.4) is 0 Å². The van der Waals surface area contributed by atoms with Gasteiger partial charge in [-0.05, 0) is 37.5 Å². The Morgan fingerprint density at radius 2 is 1.92 bits per heavy atom. The highest BCUT2D eigenvalue weighted by atomic mass is 16.2. The zero-order chi connectivity index (χ0) is 16.9. The minimum Gasteiger partial charge on any atom is -0.356 e. The quantitative estimate of drug-likeness (QED) is 0.904. The molecule has 126 valence electrons. The third-order valence-electron chi connectivity index (χ3n) is 4.53. The van der Waals surface area contributed by atoms with Crippen molar-refractivity contribution in [1.82, 2.24) is 10.3 Å². The number of anilines is 1. The molecule has 24 heavy (non-hydrogen) atoms. The van der Waals surface area contributed by atoms with Gasteiger partial charge in [0, 0.05) is 25.3 Å². The lowest BCUT2D eigenvalue weighted by Gasteiger charge is -2.33. The van der Waals surface area contributed by atoms with Crippen LogP contribution in [-0.2, 0) is 4.79 Å². The smallest absolute Gasteiger partial charge is 0.241 e. The number of aromatic nitrogens is 1. The Kier molecular flexibility index (Phi) is 5.11. The molecule has 0 saturated carbocycles. The van der Waals surface area contributed by atoms with Crippen molar-refractivity contribution in [3.63, 3.8) is 0 Å². The molecule has 3 N–H and O–H groups in total. The molecule has 0 radical (unpaired) electrons. The zero-order valence-corrected chi connectivity index (χ0v) is 14.0. The molecule has 1 aliphatic heterocycles. The molecule has 5 heteroatoms. The SMILES string of the molecule is Cc1ccc(C(N)C(=O)NC2CCN(c3ccccn3)CC2)cc1. The number of nitrogens with one attached hydrogen (secondary N) is 1. The van der Waals surface area contributed by atoms with Crippen molar-refractivity contribution in [2.45, 2.75) is 31.8 Å². The molecule has 0 bridgehead atoms. The highest BCUT2D eigenvalue weighted by Crippen LogP contribution is 2.18. The van der Waals surface area contributed by atoms with Gasteiger partial charge in [0.1, 0.15) is 11.9 Å². The Balaban J connectivity index is 1.52. The van der Waals surface area contributed by atoms with Crippen molar-refractivity contribution in [1.29, 1.82) is 0 Å². The number of amides is 1. The zero-order valence-electron chi connectivity index (χ0n) is 14.0. The number of hydrogen-bond donors (Lipinski definition) is 2. The van der Waals surface area contributed by atoms with Crippen molar-refractivity contribution in [3.05, 3.63) is 59.8 Å². The number of nitrogens with two attached hydrogens (primary N) is 1. The number of piperidine rings is 1. The van der Waals surface area contributed by atoms with Crippen LogP contribution in [0.5, 0.6) is 0 Å². The third kappa shape index (κ3) is 3.92. The largest absolute Gasteiger partial charge is 0.356 e. The predicted molar refractivity (Wildman–Crippen MR) is 95.7 cm³/mol. The fourth-order valence-corrected chi connectivity index (χ4v) is 3.01. The highest BCUT2D eigenvalue weighted by Gasteiger charge is 2.24. The summed E-state index contributed by atoms with van der Waals surface area (Å²) in [4.78, 5) is 19.0. The second kappa shape index (κ2) is 7.45. The fraction of sp³-hybridized carbons (Fsp3) is 0.368. The van der Waals surface area contributed by atoms with E-state index in [1.165, 1.54) is 0 Å². The van der Waals surface area contributed by atoms with Gasteiger partial charge < -0.3 is 16.0 Å². The van der Waals surface area contributed by atoms with E-state index < -0.39 is 6.04 Å². The number of nitrogens with zero attached hydrogens (tertiary/aromatic N) is 2. The number of aryl methyl sites for hydroxylation is 1. The molecule has 1 aromatic carbocycles. The molecule has 1 unspecified atom stereocenters. The van der Waals surface area contributed by atoms with Gasteiger partial charge in [0.2, 0.25) is 5.91 Å². The van der Waals surface area contributed by atoms with Gasteiger partial charge >= 0.3 is 0 Å². The standard InChI is InChI=1S/C19H24N4O/c1-14-5-7-15(8-6-14)18(20)19(24)22-16-9-12-23(13-10-16)17-4-2-3-11-21-17/h2-8,11,16,18H,9-10,12-13,20H2,1H3,(H,22,24). The Labute approximate surface area is 142 Å². The van der Waals surface area contributed by atoms with Crippen LogP contribution in [0.1, 0.15) is 30.0 Å². The van der Waals surface area contributed by atoms with Crippen LogP contribution >= 0.6 is 0 Å². The van der Waals surface area contributed by atoms with E-state index in [9.17, 15) is 4.79 Å². The van der Waals surface area contributed by atoms with Crippen LogP contribution in [-0.4, -0.2) is 30.0 Å². The van der Waals surface area contributed by atoms with E-state index in [-0.39, 0.29) is 11.9 Å². The average molecular weight is 324 g/mol. The van der Waals surface area contributed by atoms with Gasteiger partial charge in [-0.15, -0.1) is 0 Å². The number of pyridine rings is 1. The number of rotatable bonds is 4. The normalized spacial score (nSPS) is 16.7. The minimum absolute atomic E-state index is 0.102. The molecule has 1 fully saturated rings. The second-order valence-electron chi connectivity index (χ2n) is 6.35. The number of carbonyl (C=O) groups excluding carboxylic acids is 1. The Bertz CT molecular complexity index is 664. The first kappa shape index (κ1) is 16.5. The highest BCUT2D eigenvalue weighted by molar-refractivity contribution is 5.83. The van der Waals surface area contributed by atoms with Crippen LogP contribution in [0, 0.1) is 6.92 Å². The first-order valence-corrected chi connectivity index (χ1v) is 8.42. The molecule has 0 spiro atoms. The summed E-state index contributed by atoms with van der Waals surface area (Å²) in [6.07, 6.45) is 3.62. The average Bonchev–Trinajstić information content (AvgIpc) is 2.63. The molecule has 1 saturated heterocycles. The fourth-order valence-electron chi connectivity index (χ4n) is 3.01. The van der Waals surface area contributed by atoms with Crippen molar-refractivity contribution in [2.24, 2.45) is 5.73 Å². The minimum atomic E-state index is -0.612. The molecule has 0 aliphatic carbocycles. The summed E-state index contributed by atoms with van der Waals surface area (Å²) in [5.74, 6) is 0.897. The van der Waals surface area contributed by atoms with Gasteiger partial charge in [0.05, 0.1) is 0 Å². The molecule has 1 aliphatic rings. The lowest BCUT2D eigenvalue weighted by Crippen LogP contribution is -2.47. The van der Waals surface area contributed by atoms with Crippen LogP contribution in [0.2, 0.25) is 0 Å². The van der Waals surface area contributed by atoms with Gasteiger partial charge in [0.15, 0.2) is 0 Å². The van der Waals surface area contributed by atoms with Crippen LogP contribution in [0.4, 0.5) is 5.82 Å². The van der Waals surface area contributed by atoms with Gasteiger partial charge in [-0.2, -0.15) is 0 Å². The Morgan fingerprint density at radius 1 is 1.21 bits per heavy atom.